The van der Waals surface area contributed by atoms with Crippen molar-refractivity contribution in [3.05, 3.63) is 18.4 Å². The SMILES string of the molecule is NC(=O)C[C@H](N)C(=O)Oc1ccco1. The second-order valence-corrected chi connectivity index (χ2v) is 2.63. The molecule has 1 aromatic rings. The highest BCUT2D eigenvalue weighted by Gasteiger charge is 2.18. The zero-order valence-electron chi connectivity index (χ0n) is 7.30. The molecule has 0 radical (unpaired) electrons. The summed E-state index contributed by atoms with van der Waals surface area (Å²) in [7, 11) is 0. The van der Waals surface area contributed by atoms with Crippen LogP contribution in [0.2, 0.25) is 0 Å². The number of rotatable bonds is 4. The van der Waals surface area contributed by atoms with E-state index in [2.05, 4.69) is 4.74 Å². The molecule has 1 amide bonds. The van der Waals surface area contributed by atoms with Crippen LogP contribution in [-0.4, -0.2) is 17.9 Å². The van der Waals surface area contributed by atoms with Gasteiger partial charge >= 0.3 is 5.97 Å². The Hall–Kier alpha value is -1.82. The van der Waals surface area contributed by atoms with Crippen LogP contribution in [0.3, 0.4) is 0 Å². The molecular weight excluding hydrogens is 188 g/mol. The smallest absolute Gasteiger partial charge is 0.331 e. The predicted molar refractivity (Wildman–Crippen MR) is 46.1 cm³/mol. The third-order valence-electron chi connectivity index (χ3n) is 1.42. The lowest BCUT2D eigenvalue weighted by Gasteiger charge is -2.06. The van der Waals surface area contributed by atoms with Crippen molar-refractivity contribution in [1.82, 2.24) is 0 Å². The molecule has 1 atom stereocenters. The van der Waals surface area contributed by atoms with Crippen LogP contribution in [0.15, 0.2) is 22.8 Å². The second-order valence-electron chi connectivity index (χ2n) is 2.63. The van der Waals surface area contributed by atoms with Gasteiger partial charge < -0.3 is 20.6 Å². The van der Waals surface area contributed by atoms with E-state index in [1.165, 1.54) is 12.3 Å². The number of carbonyl (C=O) groups excluding carboxylic acids is 2. The van der Waals surface area contributed by atoms with Crippen LogP contribution in [0, 0.1) is 0 Å². The number of hydrogen-bond acceptors (Lipinski definition) is 5. The average molecular weight is 198 g/mol. The van der Waals surface area contributed by atoms with Crippen LogP contribution in [0.25, 0.3) is 0 Å². The summed E-state index contributed by atoms with van der Waals surface area (Å²) in [4.78, 5) is 21.6. The Labute approximate surface area is 79.8 Å². The number of primary amides is 1. The van der Waals surface area contributed by atoms with Crippen LogP contribution in [0.4, 0.5) is 0 Å². The summed E-state index contributed by atoms with van der Waals surface area (Å²) in [6, 6.07) is 1.95. The quantitative estimate of drug-likeness (QED) is 0.627. The summed E-state index contributed by atoms with van der Waals surface area (Å²) < 4.78 is 9.42. The van der Waals surface area contributed by atoms with Gasteiger partial charge in [-0.3, -0.25) is 4.79 Å². The molecule has 0 spiro atoms. The highest BCUT2D eigenvalue weighted by molar-refractivity contribution is 5.85. The van der Waals surface area contributed by atoms with Gasteiger partial charge in [-0.1, -0.05) is 0 Å². The van der Waals surface area contributed by atoms with Crippen LogP contribution < -0.4 is 16.2 Å². The van der Waals surface area contributed by atoms with Crippen molar-refractivity contribution < 1.29 is 18.7 Å². The maximum atomic E-state index is 11.1. The van der Waals surface area contributed by atoms with Crippen molar-refractivity contribution in [1.29, 1.82) is 0 Å². The molecule has 0 aromatic carbocycles. The van der Waals surface area contributed by atoms with Crippen molar-refractivity contribution in [2.24, 2.45) is 11.5 Å². The minimum absolute atomic E-state index is 0.0370. The molecule has 76 valence electrons. The van der Waals surface area contributed by atoms with Crippen molar-refractivity contribution in [2.45, 2.75) is 12.5 Å². The lowest BCUT2D eigenvalue weighted by molar-refractivity contribution is -0.138. The van der Waals surface area contributed by atoms with Gasteiger partial charge in [-0.25, -0.2) is 4.79 Å². The zero-order valence-corrected chi connectivity index (χ0v) is 7.30. The number of hydrogen-bond donors (Lipinski definition) is 2. The average Bonchev–Trinajstić information content (AvgIpc) is 2.55. The molecule has 0 aliphatic rings. The van der Waals surface area contributed by atoms with Gasteiger partial charge in [0.2, 0.25) is 5.91 Å². The monoisotopic (exact) mass is 198 g/mol. The number of nitrogens with two attached hydrogens (primary N) is 2. The first-order valence-corrected chi connectivity index (χ1v) is 3.88. The van der Waals surface area contributed by atoms with Crippen molar-refractivity contribution in [3.63, 3.8) is 0 Å². The molecule has 0 unspecified atom stereocenters. The minimum Gasteiger partial charge on any atom is -0.434 e. The third-order valence-corrected chi connectivity index (χ3v) is 1.42. The van der Waals surface area contributed by atoms with Gasteiger partial charge in [-0.2, -0.15) is 0 Å². The Balaban J connectivity index is 2.46. The molecule has 1 aromatic heterocycles. The van der Waals surface area contributed by atoms with Crippen molar-refractivity contribution >= 4 is 11.9 Å². The lowest BCUT2D eigenvalue weighted by Crippen LogP contribution is -2.37. The van der Waals surface area contributed by atoms with Gasteiger partial charge in [-0.15, -0.1) is 0 Å². The first-order chi connectivity index (χ1) is 6.59. The molecule has 0 aliphatic carbocycles. The van der Waals surface area contributed by atoms with Gasteiger partial charge in [0, 0.05) is 6.07 Å². The Morgan fingerprint density at radius 2 is 2.29 bits per heavy atom. The number of carbonyl (C=O) groups is 2. The summed E-state index contributed by atoms with van der Waals surface area (Å²) in [5.41, 5.74) is 10.2. The van der Waals surface area contributed by atoms with E-state index in [1.807, 2.05) is 0 Å². The molecule has 6 nitrogen and oxygen atoms in total. The Bertz CT molecular complexity index is 320. The summed E-state index contributed by atoms with van der Waals surface area (Å²) in [6.45, 7) is 0. The van der Waals surface area contributed by atoms with Crippen LogP contribution in [-0.2, 0) is 9.59 Å². The van der Waals surface area contributed by atoms with Gasteiger partial charge in [0.25, 0.3) is 5.95 Å². The van der Waals surface area contributed by atoms with Gasteiger partial charge in [0.1, 0.15) is 6.04 Å². The summed E-state index contributed by atoms with van der Waals surface area (Å²) in [5.74, 6) is -1.37. The molecule has 0 aliphatic heterocycles. The Kier molecular flexibility index (Phi) is 3.24. The molecule has 1 heterocycles. The normalized spacial score (nSPS) is 12.1. The maximum Gasteiger partial charge on any atom is 0.331 e. The van der Waals surface area contributed by atoms with E-state index in [4.69, 9.17) is 15.9 Å². The van der Waals surface area contributed by atoms with Crippen molar-refractivity contribution in [3.8, 4) is 5.95 Å². The van der Waals surface area contributed by atoms with E-state index in [0.29, 0.717) is 0 Å². The van der Waals surface area contributed by atoms with Gasteiger partial charge in [0.05, 0.1) is 12.7 Å². The van der Waals surface area contributed by atoms with Crippen LogP contribution in [0.1, 0.15) is 6.42 Å². The van der Waals surface area contributed by atoms with Crippen LogP contribution >= 0.6 is 0 Å². The maximum absolute atomic E-state index is 11.1. The van der Waals surface area contributed by atoms with E-state index in [0.717, 1.165) is 0 Å². The number of amides is 1. The Morgan fingerprint density at radius 1 is 1.57 bits per heavy atom. The van der Waals surface area contributed by atoms with Gasteiger partial charge in [-0.05, 0) is 6.07 Å². The lowest BCUT2D eigenvalue weighted by atomic mass is 10.2. The fourth-order valence-corrected chi connectivity index (χ4v) is 0.796. The third kappa shape index (κ3) is 2.91. The molecule has 14 heavy (non-hydrogen) atoms. The van der Waals surface area contributed by atoms with E-state index in [-0.39, 0.29) is 12.4 Å². The number of esters is 1. The largest absolute Gasteiger partial charge is 0.434 e. The molecule has 0 saturated heterocycles. The first-order valence-electron chi connectivity index (χ1n) is 3.88. The zero-order chi connectivity index (χ0) is 10.6. The number of furan rings is 1. The van der Waals surface area contributed by atoms with E-state index >= 15 is 0 Å². The summed E-state index contributed by atoms with van der Waals surface area (Å²) in [6.07, 6.45) is 1.10. The van der Waals surface area contributed by atoms with Crippen LogP contribution in [0.5, 0.6) is 5.95 Å². The molecule has 0 saturated carbocycles. The van der Waals surface area contributed by atoms with E-state index < -0.39 is 17.9 Å². The van der Waals surface area contributed by atoms with E-state index in [9.17, 15) is 9.59 Å². The molecular formula is C8H10N2O4. The van der Waals surface area contributed by atoms with Crippen molar-refractivity contribution in [2.75, 3.05) is 0 Å². The molecule has 1 rings (SSSR count). The molecule has 0 bridgehead atoms. The second kappa shape index (κ2) is 4.43. The van der Waals surface area contributed by atoms with E-state index in [1.54, 1.807) is 6.07 Å². The Morgan fingerprint density at radius 3 is 2.79 bits per heavy atom. The molecule has 4 N–H and O–H groups in total. The first kappa shape index (κ1) is 10.3. The summed E-state index contributed by atoms with van der Waals surface area (Å²) >= 11 is 0. The summed E-state index contributed by atoms with van der Waals surface area (Å²) in [5, 5.41) is 0. The fraction of sp³-hybridized carbons (Fsp3) is 0.250. The topological polar surface area (TPSA) is 109 Å². The molecule has 0 fully saturated rings. The number of ether oxygens (including phenoxy) is 1. The highest BCUT2D eigenvalue weighted by Crippen LogP contribution is 2.10. The molecule has 6 heteroatoms. The minimum atomic E-state index is -1.06. The highest BCUT2D eigenvalue weighted by atomic mass is 16.6. The fourth-order valence-electron chi connectivity index (χ4n) is 0.796. The predicted octanol–water partition coefficient (Wildman–Crippen LogP) is -0.612. The van der Waals surface area contributed by atoms with Gasteiger partial charge in [0.15, 0.2) is 0 Å². The standard InChI is InChI=1S/C8H10N2O4/c9-5(4-6(10)11)8(12)14-7-2-1-3-13-7/h1-3,5H,4,9H2,(H2,10,11)/t5-/m0/s1.